The van der Waals surface area contributed by atoms with Crippen molar-refractivity contribution in [1.29, 1.82) is 0 Å². The minimum atomic E-state index is -0.0161. The van der Waals surface area contributed by atoms with Gasteiger partial charge in [0.2, 0.25) is 5.82 Å². The van der Waals surface area contributed by atoms with E-state index in [9.17, 15) is 5.11 Å². The molecule has 0 aliphatic heterocycles. The van der Waals surface area contributed by atoms with Crippen molar-refractivity contribution in [2.24, 2.45) is 0 Å². The van der Waals surface area contributed by atoms with E-state index in [2.05, 4.69) is 31.1 Å². The van der Waals surface area contributed by atoms with Gasteiger partial charge in [-0.2, -0.15) is 4.98 Å². The van der Waals surface area contributed by atoms with Crippen molar-refractivity contribution in [2.45, 2.75) is 0 Å². The minimum Gasteiger partial charge on any atom is -0.505 e. The molecule has 2 heterocycles. The van der Waals surface area contributed by atoms with Gasteiger partial charge in [-0.1, -0.05) is 35.5 Å². The molecule has 0 fully saturated rings. The predicted molar refractivity (Wildman–Crippen MR) is 72.3 cm³/mol. The number of hydrogen-bond donors (Lipinski definition) is 1. The molecule has 0 atom stereocenters. The summed E-state index contributed by atoms with van der Waals surface area (Å²) in [5.74, 6) is 0.696. The third kappa shape index (κ3) is 2.22. The molecule has 3 rings (SSSR count). The van der Waals surface area contributed by atoms with E-state index in [0.717, 1.165) is 5.56 Å². The Kier molecular flexibility index (Phi) is 3.00. The quantitative estimate of drug-likeness (QED) is 0.785. The Morgan fingerprint density at radius 2 is 1.89 bits per heavy atom. The van der Waals surface area contributed by atoms with Crippen LogP contribution >= 0.6 is 15.9 Å². The lowest BCUT2D eigenvalue weighted by Gasteiger charge is -2.00. The topological polar surface area (TPSA) is 72.0 Å². The van der Waals surface area contributed by atoms with E-state index < -0.39 is 0 Å². The zero-order chi connectivity index (χ0) is 13.2. The number of benzene rings is 1. The highest BCUT2D eigenvalue weighted by Crippen LogP contribution is 2.34. The van der Waals surface area contributed by atoms with E-state index in [1.165, 1.54) is 6.20 Å². The highest BCUT2D eigenvalue weighted by atomic mass is 79.9. The third-order valence-electron chi connectivity index (χ3n) is 2.55. The van der Waals surface area contributed by atoms with Crippen LogP contribution in [0.1, 0.15) is 0 Å². The van der Waals surface area contributed by atoms with E-state index >= 15 is 0 Å². The lowest BCUT2D eigenvalue weighted by Crippen LogP contribution is -1.84. The van der Waals surface area contributed by atoms with Gasteiger partial charge >= 0.3 is 0 Å². The van der Waals surface area contributed by atoms with Crippen LogP contribution in [0.15, 0.2) is 51.7 Å². The van der Waals surface area contributed by atoms with Gasteiger partial charge in [0.15, 0.2) is 0 Å². The fraction of sp³-hybridized carbons (Fsp3) is 0. The molecule has 0 saturated heterocycles. The number of rotatable bonds is 2. The van der Waals surface area contributed by atoms with Gasteiger partial charge in [-0.25, -0.2) is 0 Å². The first-order valence-electron chi connectivity index (χ1n) is 5.47. The maximum Gasteiger partial charge on any atom is 0.263 e. The summed E-state index contributed by atoms with van der Waals surface area (Å²) >= 11 is 3.30. The van der Waals surface area contributed by atoms with Crippen LogP contribution in [0.3, 0.4) is 0 Å². The zero-order valence-corrected chi connectivity index (χ0v) is 11.2. The molecule has 2 aromatic heterocycles. The summed E-state index contributed by atoms with van der Waals surface area (Å²) in [6, 6.07) is 9.47. The normalized spacial score (nSPS) is 10.6. The molecule has 0 bridgehead atoms. The molecule has 3 aromatic rings. The molecule has 1 N–H and O–H groups in total. The van der Waals surface area contributed by atoms with Crippen LogP contribution in [0, 0.1) is 0 Å². The maximum absolute atomic E-state index is 9.80. The van der Waals surface area contributed by atoms with Gasteiger partial charge in [0, 0.05) is 11.8 Å². The molecule has 5 nitrogen and oxygen atoms in total. The maximum atomic E-state index is 9.80. The first kappa shape index (κ1) is 11.9. The first-order valence-corrected chi connectivity index (χ1v) is 6.27. The summed E-state index contributed by atoms with van der Waals surface area (Å²) in [5.41, 5.74) is 1.28. The van der Waals surface area contributed by atoms with E-state index in [0.29, 0.717) is 15.9 Å². The molecule has 0 unspecified atom stereocenters. The number of aromatic nitrogens is 3. The number of aromatic hydroxyl groups is 1. The number of halogens is 1. The van der Waals surface area contributed by atoms with Gasteiger partial charge in [-0.3, -0.25) is 4.98 Å². The van der Waals surface area contributed by atoms with Crippen molar-refractivity contribution in [3.05, 3.63) is 47.2 Å². The molecule has 0 aliphatic carbocycles. The Morgan fingerprint density at radius 3 is 2.63 bits per heavy atom. The van der Waals surface area contributed by atoms with Crippen LogP contribution in [-0.2, 0) is 0 Å². The van der Waals surface area contributed by atoms with Crippen LogP contribution < -0.4 is 0 Å². The predicted octanol–water partition coefficient (Wildman–Crippen LogP) is 3.27. The second-order valence-electron chi connectivity index (χ2n) is 3.80. The van der Waals surface area contributed by atoms with Crippen LogP contribution in [0.4, 0.5) is 0 Å². The van der Waals surface area contributed by atoms with Gasteiger partial charge in [0.25, 0.3) is 5.89 Å². The van der Waals surface area contributed by atoms with Gasteiger partial charge in [-0.05, 0) is 15.9 Å². The molecular formula is C13H8BrN3O2. The van der Waals surface area contributed by atoms with Crippen molar-refractivity contribution in [1.82, 2.24) is 15.1 Å². The van der Waals surface area contributed by atoms with E-state index in [1.807, 2.05) is 30.3 Å². The summed E-state index contributed by atoms with van der Waals surface area (Å²) in [7, 11) is 0. The van der Waals surface area contributed by atoms with E-state index in [1.54, 1.807) is 6.20 Å². The molecule has 0 spiro atoms. The molecule has 0 amide bonds. The lowest BCUT2D eigenvalue weighted by molar-refractivity contribution is 0.425. The Bertz CT molecular complexity index is 693. The van der Waals surface area contributed by atoms with Crippen molar-refractivity contribution >= 4 is 15.9 Å². The Balaban J connectivity index is 2.07. The van der Waals surface area contributed by atoms with Crippen molar-refractivity contribution in [3.8, 4) is 28.6 Å². The van der Waals surface area contributed by atoms with E-state index in [-0.39, 0.29) is 11.6 Å². The summed E-state index contributed by atoms with van der Waals surface area (Å²) in [4.78, 5) is 8.13. The van der Waals surface area contributed by atoms with Gasteiger partial charge in [0.1, 0.15) is 5.75 Å². The molecule has 0 radical (unpaired) electrons. The fourth-order valence-corrected chi connectivity index (χ4v) is 2.16. The largest absolute Gasteiger partial charge is 0.505 e. The minimum absolute atomic E-state index is 0.0161. The summed E-state index contributed by atoms with van der Waals surface area (Å²) in [6.07, 6.45) is 2.88. The molecule has 19 heavy (non-hydrogen) atoms. The summed E-state index contributed by atoms with van der Waals surface area (Å²) < 4.78 is 5.78. The van der Waals surface area contributed by atoms with Crippen molar-refractivity contribution < 1.29 is 9.63 Å². The highest BCUT2D eigenvalue weighted by molar-refractivity contribution is 9.10. The van der Waals surface area contributed by atoms with Crippen LogP contribution in [-0.4, -0.2) is 20.2 Å². The van der Waals surface area contributed by atoms with Gasteiger partial charge in [-0.15, -0.1) is 0 Å². The number of hydrogen-bond acceptors (Lipinski definition) is 5. The molecular weight excluding hydrogens is 310 g/mol. The van der Waals surface area contributed by atoms with Crippen molar-refractivity contribution in [2.75, 3.05) is 0 Å². The summed E-state index contributed by atoms with van der Waals surface area (Å²) in [5, 5.41) is 13.7. The third-order valence-corrected chi connectivity index (χ3v) is 3.15. The van der Waals surface area contributed by atoms with Gasteiger partial charge in [0.05, 0.1) is 16.2 Å². The van der Waals surface area contributed by atoms with Gasteiger partial charge < -0.3 is 9.63 Å². The zero-order valence-electron chi connectivity index (χ0n) is 9.62. The molecule has 1 aromatic carbocycles. The average Bonchev–Trinajstić information content (AvgIpc) is 2.89. The smallest absolute Gasteiger partial charge is 0.263 e. The number of pyridine rings is 1. The Hall–Kier alpha value is -2.21. The second-order valence-corrected chi connectivity index (χ2v) is 4.66. The fourth-order valence-electron chi connectivity index (χ4n) is 1.67. The SMILES string of the molecule is Oc1cncc(Br)c1-c1nc(-c2ccccc2)no1. The van der Waals surface area contributed by atoms with E-state index in [4.69, 9.17) is 4.52 Å². The number of nitrogens with zero attached hydrogens (tertiary/aromatic N) is 3. The first-order chi connectivity index (χ1) is 9.25. The summed E-state index contributed by atoms with van der Waals surface area (Å²) in [6.45, 7) is 0. The van der Waals surface area contributed by atoms with Crippen molar-refractivity contribution in [3.63, 3.8) is 0 Å². The van der Waals surface area contributed by atoms with Crippen LogP contribution in [0.2, 0.25) is 0 Å². The average molecular weight is 318 g/mol. The van der Waals surface area contributed by atoms with Crippen LogP contribution in [0.5, 0.6) is 5.75 Å². The lowest BCUT2D eigenvalue weighted by atomic mass is 10.2. The second kappa shape index (κ2) is 4.81. The molecule has 6 heteroatoms. The monoisotopic (exact) mass is 317 g/mol. The molecule has 0 aliphatic rings. The standard InChI is InChI=1S/C13H8BrN3O2/c14-9-6-15-7-10(18)11(9)13-16-12(17-19-13)8-4-2-1-3-5-8/h1-7,18H. The molecule has 94 valence electrons. The Labute approximate surface area is 117 Å². The molecule has 0 saturated carbocycles. The van der Waals surface area contributed by atoms with Crippen LogP contribution in [0.25, 0.3) is 22.8 Å². The highest BCUT2D eigenvalue weighted by Gasteiger charge is 2.17. The Morgan fingerprint density at radius 1 is 1.11 bits per heavy atom.